The van der Waals surface area contributed by atoms with Crippen LogP contribution in [0.4, 0.5) is 0 Å². The van der Waals surface area contributed by atoms with Gasteiger partial charge in [0.05, 0.1) is 44.6 Å². The van der Waals surface area contributed by atoms with Gasteiger partial charge in [0, 0.05) is 43.1 Å². The van der Waals surface area contributed by atoms with Crippen molar-refractivity contribution in [2.75, 3.05) is 0 Å². The Morgan fingerprint density at radius 2 is 0.885 bits per heavy atom. The fourth-order valence-corrected chi connectivity index (χ4v) is 8.73. The Bertz CT molecular complexity index is 3200. The van der Waals surface area contributed by atoms with Crippen molar-refractivity contribution in [3.05, 3.63) is 144 Å². The van der Waals surface area contributed by atoms with Crippen LogP contribution in [0.3, 0.4) is 0 Å². The summed E-state index contributed by atoms with van der Waals surface area (Å²) in [5, 5.41) is 30.3. The maximum Gasteiger partial charge on any atom is 0.136 e. The van der Waals surface area contributed by atoms with Gasteiger partial charge in [0.2, 0.25) is 0 Å². The van der Waals surface area contributed by atoms with E-state index in [2.05, 4.69) is 81.9 Å². The number of para-hydroxylation sites is 4. The van der Waals surface area contributed by atoms with Crippen LogP contribution in [0.25, 0.3) is 98.9 Å². The van der Waals surface area contributed by atoms with Crippen molar-refractivity contribution in [3.8, 4) is 23.5 Å². The van der Waals surface area contributed by atoms with E-state index in [0.29, 0.717) is 17.5 Å². The molecule has 0 aliphatic carbocycles. The van der Waals surface area contributed by atoms with Crippen LogP contribution in [0.1, 0.15) is 23.6 Å². The molecule has 11 rings (SSSR count). The van der Waals surface area contributed by atoms with Gasteiger partial charge in [0.1, 0.15) is 34.5 Å². The first kappa shape index (κ1) is 28.5. The molecule has 0 spiro atoms. The van der Waals surface area contributed by atoms with E-state index in [1.807, 2.05) is 73.7 Å². The van der Waals surface area contributed by atoms with Gasteiger partial charge >= 0.3 is 0 Å². The molecule has 6 nitrogen and oxygen atoms in total. The van der Waals surface area contributed by atoms with Crippen LogP contribution < -0.4 is 0 Å². The molecule has 0 unspecified atom stereocenters. The molecular weight excluding hydrogens is 641 g/mol. The van der Waals surface area contributed by atoms with Gasteiger partial charge in [-0.3, -0.25) is 0 Å². The highest BCUT2D eigenvalue weighted by atomic mass is 16.3. The molecule has 0 amide bonds. The van der Waals surface area contributed by atoms with Crippen LogP contribution in [0.15, 0.2) is 136 Å². The van der Waals surface area contributed by atoms with Gasteiger partial charge in [-0.1, -0.05) is 79.7 Å². The van der Waals surface area contributed by atoms with Crippen molar-refractivity contribution < 1.29 is 8.83 Å². The van der Waals surface area contributed by atoms with E-state index in [-0.39, 0.29) is 0 Å². The predicted molar refractivity (Wildman–Crippen MR) is 208 cm³/mol. The molecule has 11 aromatic rings. The van der Waals surface area contributed by atoms with Gasteiger partial charge in [0.15, 0.2) is 0 Å². The Morgan fingerprint density at radius 1 is 0.462 bits per heavy atom. The predicted octanol–water partition coefficient (Wildman–Crippen LogP) is 12.0. The third-order valence-electron chi connectivity index (χ3n) is 10.8. The van der Waals surface area contributed by atoms with Crippen LogP contribution in [0.5, 0.6) is 0 Å². The Morgan fingerprint density at radius 3 is 1.33 bits per heavy atom. The van der Waals surface area contributed by atoms with E-state index < -0.39 is 0 Å². The molecule has 6 heteroatoms. The Labute approximate surface area is 296 Å². The number of aromatic nitrogens is 2. The van der Waals surface area contributed by atoms with Gasteiger partial charge in [-0.2, -0.15) is 10.5 Å². The van der Waals surface area contributed by atoms with Gasteiger partial charge in [-0.15, -0.1) is 0 Å². The monoisotopic (exact) mass is 666 g/mol. The zero-order chi connectivity index (χ0) is 34.7. The molecule has 0 fully saturated rings. The van der Waals surface area contributed by atoms with E-state index in [0.717, 1.165) is 104 Å². The molecule has 4 heterocycles. The van der Waals surface area contributed by atoms with Gasteiger partial charge in [0.25, 0.3) is 0 Å². The molecule has 0 aliphatic heterocycles. The zero-order valence-electron chi connectivity index (χ0n) is 27.9. The number of fused-ring (bicyclic) bond motifs is 14. The third-order valence-corrected chi connectivity index (χ3v) is 10.8. The number of nitriles is 2. The molecular formula is C46H26N4O2. The van der Waals surface area contributed by atoms with Crippen LogP contribution in [-0.2, 0) is 6.42 Å². The molecule has 52 heavy (non-hydrogen) atoms. The lowest BCUT2D eigenvalue weighted by atomic mass is 9.95. The van der Waals surface area contributed by atoms with Crippen molar-refractivity contribution in [3.63, 3.8) is 0 Å². The summed E-state index contributed by atoms with van der Waals surface area (Å²) in [5.41, 5.74) is 10.3. The summed E-state index contributed by atoms with van der Waals surface area (Å²) < 4.78 is 17.1. The molecule has 0 N–H and O–H groups in total. The summed E-state index contributed by atoms with van der Waals surface area (Å²) in [5.74, 6) is 0. The summed E-state index contributed by atoms with van der Waals surface area (Å²) in [6.45, 7) is 2.02. The van der Waals surface area contributed by atoms with Crippen molar-refractivity contribution >= 4 is 87.5 Å². The first-order valence-corrected chi connectivity index (χ1v) is 17.4. The van der Waals surface area contributed by atoms with Gasteiger partial charge < -0.3 is 18.0 Å². The summed E-state index contributed by atoms with van der Waals surface area (Å²) in [7, 11) is 0. The second-order valence-corrected chi connectivity index (χ2v) is 13.3. The third kappa shape index (κ3) is 3.55. The highest BCUT2D eigenvalue weighted by Crippen LogP contribution is 2.45. The minimum Gasteiger partial charge on any atom is -0.456 e. The fraction of sp³-hybridized carbons (Fsp3) is 0.0435. The smallest absolute Gasteiger partial charge is 0.136 e. The largest absolute Gasteiger partial charge is 0.456 e. The van der Waals surface area contributed by atoms with Crippen molar-refractivity contribution in [2.24, 2.45) is 0 Å². The molecule has 242 valence electrons. The van der Waals surface area contributed by atoms with E-state index in [1.54, 1.807) is 0 Å². The topological polar surface area (TPSA) is 83.7 Å². The molecule has 0 bridgehead atoms. The highest BCUT2D eigenvalue weighted by Gasteiger charge is 2.26. The van der Waals surface area contributed by atoms with E-state index in [9.17, 15) is 10.5 Å². The van der Waals surface area contributed by atoms with Crippen LogP contribution in [0.2, 0.25) is 0 Å². The van der Waals surface area contributed by atoms with Crippen molar-refractivity contribution in [1.82, 2.24) is 9.13 Å². The Kier molecular flexibility index (Phi) is 5.69. The number of rotatable bonds is 3. The zero-order valence-corrected chi connectivity index (χ0v) is 27.9. The molecule has 0 saturated carbocycles. The second kappa shape index (κ2) is 10.4. The van der Waals surface area contributed by atoms with E-state index in [4.69, 9.17) is 8.83 Å². The Balaban J connectivity index is 1.32. The average molecular weight is 667 g/mol. The second-order valence-electron chi connectivity index (χ2n) is 13.3. The van der Waals surface area contributed by atoms with Gasteiger partial charge in [-0.05, 0) is 66.6 Å². The standard InChI is InChI=1S/C46H26N4O2/c1-2-26-31(24-47)37(49-33-15-7-3-11-27(33)43-35(49)19-21-41-45(43)29-13-5-9-17-39(29)51-41)23-38(32(26)25-48)50-34-16-8-4-12-28(34)44-36(50)20-22-42-46(44)30-14-6-10-18-40(30)52-42/h3-23H,2H2,1H3. The maximum atomic E-state index is 10.9. The quantitative estimate of drug-likeness (QED) is 0.188. The normalized spacial score (nSPS) is 12.0. The molecule has 0 saturated heterocycles. The summed E-state index contributed by atoms with van der Waals surface area (Å²) >= 11 is 0. The summed E-state index contributed by atoms with van der Waals surface area (Å²) in [4.78, 5) is 0. The van der Waals surface area contributed by atoms with Crippen LogP contribution in [0, 0.1) is 22.7 Å². The fourth-order valence-electron chi connectivity index (χ4n) is 8.73. The first-order chi connectivity index (χ1) is 25.7. The number of nitrogens with zero attached hydrogens (tertiary/aromatic N) is 4. The van der Waals surface area contributed by atoms with Gasteiger partial charge in [-0.25, -0.2) is 0 Å². The molecule has 0 aliphatic rings. The van der Waals surface area contributed by atoms with E-state index >= 15 is 0 Å². The lowest BCUT2D eigenvalue weighted by molar-refractivity contribution is 0.669. The van der Waals surface area contributed by atoms with E-state index in [1.165, 1.54) is 0 Å². The molecule has 0 radical (unpaired) electrons. The van der Waals surface area contributed by atoms with Crippen LogP contribution in [-0.4, -0.2) is 9.13 Å². The molecule has 0 atom stereocenters. The van der Waals surface area contributed by atoms with Crippen molar-refractivity contribution in [1.29, 1.82) is 10.5 Å². The molecule has 4 aromatic heterocycles. The molecule has 7 aromatic carbocycles. The minimum absolute atomic E-state index is 0.492. The summed E-state index contributed by atoms with van der Waals surface area (Å²) in [6.07, 6.45) is 0.508. The highest BCUT2D eigenvalue weighted by molar-refractivity contribution is 6.28. The van der Waals surface area contributed by atoms with Crippen molar-refractivity contribution in [2.45, 2.75) is 13.3 Å². The number of furan rings is 2. The lowest BCUT2D eigenvalue weighted by Crippen LogP contribution is -2.08. The van der Waals surface area contributed by atoms with Crippen LogP contribution >= 0.6 is 0 Å². The number of hydrogen-bond acceptors (Lipinski definition) is 4. The SMILES string of the molecule is CCc1c(C#N)c(-n2c3ccccc3c3c4c(ccc32)oc2ccccc24)cc(-n2c3ccccc3c3c4c(ccc32)oc2ccccc24)c1C#N. The number of hydrogen-bond donors (Lipinski definition) is 0. The minimum atomic E-state index is 0.492. The average Bonchev–Trinajstić information content (AvgIpc) is 3.94. The summed E-state index contributed by atoms with van der Waals surface area (Å²) in [6, 6.07) is 48.3. The lowest BCUT2D eigenvalue weighted by Gasteiger charge is -2.19. The first-order valence-electron chi connectivity index (χ1n) is 17.4. The Hall–Kier alpha value is -7.28. The maximum absolute atomic E-state index is 10.9. The number of benzene rings is 7.